The van der Waals surface area contributed by atoms with Gasteiger partial charge in [-0.15, -0.1) is 0 Å². The molecule has 3 aliphatic rings. The number of hydrogen-bond donors (Lipinski definition) is 0. The molecule has 2 saturated heterocycles. The summed E-state index contributed by atoms with van der Waals surface area (Å²) in [6.07, 6.45) is 7.97. The van der Waals surface area contributed by atoms with Crippen LogP contribution in [0.4, 0.5) is 5.69 Å². The standard InChI is InChI=1S/C19H22ClN3OS/c20-15-7-6-8-16(22-9-4-5-10-22)14(15)13-17-18(24)21-19(25-17)23-11-2-1-3-12-23/h6-8,13H,1-5,9-12H2/b17-13-. The van der Waals surface area contributed by atoms with Crippen LogP contribution in [0, 0.1) is 0 Å². The number of aliphatic imine (C=N–C) groups is 1. The van der Waals surface area contributed by atoms with E-state index in [9.17, 15) is 4.79 Å². The number of piperidine rings is 1. The molecule has 1 aromatic rings. The zero-order chi connectivity index (χ0) is 17.2. The van der Waals surface area contributed by atoms with Crippen molar-refractivity contribution in [2.24, 2.45) is 4.99 Å². The summed E-state index contributed by atoms with van der Waals surface area (Å²) in [7, 11) is 0. The number of halogens is 1. The minimum atomic E-state index is -0.141. The van der Waals surface area contributed by atoms with Crippen LogP contribution in [-0.2, 0) is 4.79 Å². The molecule has 0 saturated carbocycles. The van der Waals surface area contributed by atoms with Gasteiger partial charge < -0.3 is 9.80 Å². The van der Waals surface area contributed by atoms with Crippen molar-refractivity contribution in [2.45, 2.75) is 32.1 Å². The third kappa shape index (κ3) is 3.58. The van der Waals surface area contributed by atoms with Crippen LogP contribution in [0.25, 0.3) is 6.08 Å². The average Bonchev–Trinajstić information content (AvgIpc) is 3.28. The molecule has 0 unspecified atom stereocenters. The van der Waals surface area contributed by atoms with Crippen LogP contribution < -0.4 is 4.90 Å². The van der Waals surface area contributed by atoms with Gasteiger partial charge in [0.05, 0.1) is 4.91 Å². The van der Waals surface area contributed by atoms with Crippen LogP contribution in [0.2, 0.25) is 5.02 Å². The number of thioether (sulfide) groups is 1. The van der Waals surface area contributed by atoms with Gasteiger partial charge in [0.1, 0.15) is 0 Å². The van der Waals surface area contributed by atoms with E-state index in [1.165, 1.54) is 43.9 Å². The highest BCUT2D eigenvalue weighted by atomic mass is 35.5. The van der Waals surface area contributed by atoms with Crippen molar-refractivity contribution >= 4 is 46.2 Å². The van der Waals surface area contributed by atoms with Crippen molar-refractivity contribution in [3.05, 3.63) is 33.7 Å². The lowest BCUT2D eigenvalue weighted by molar-refractivity contribution is -0.113. The molecule has 6 heteroatoms. The maximum atomic E-state index is 12.4. The summed E-state index contributed by atoms with van der Waals surface area (Å²) in [5, 5.41) is 1.54. The number of likely N-dealkylation sites (tertiary alicyclic amines) is 1. The molecule has 0 aromatic heterocycles. The monoisotopic (exact) mass is 375 g/mol. The van der Waals surface area contributed by atoms with Crippen molar-refractivity contribution in [3.8, 4) is 0 Å². The van der Waals surface area contributed by atoms with Gasteiger partial charge in [-0.25, -0.2) is 0 Å². The molecule has 0 aliphatic carbocycles. The van der Waals surface area contributed by atoms with Gasteiger partial charge in [0, 0.05) is 42.5 Å². The number of hydrogen-bond acceptors (Lipinski definition) is 4. The molecule has 0 N–H and O–H groups in total. The highest BCUT2D eigenvalue weighted by Gasteiger charge is 2.28. The summed E-state index contributed by atoms with van der Waals surface area (Å²) >= 11 is 7.97. The molecule has 0 atom stereocenters. The summed E-state index contributed by atoms with van der Waals surface area (Å²) < 4.78 is 0. The maximum Gasteiger partial charge on any atom is 0.286 e. The Hall–Kier alpha value is -1.46. The van der Waals surface area contributed by atoms with E-state index in [0.29, 0.717) is 9.93 Å². The first-order valence-corrected chi connectivity index (χ1v) is 10.2. The van der Waals surface area contributed by atoms with Crippen molar-refractivity contribution < 1.29 is 4.79 Å². The van der Waals surface area contributed by atoms with Gasteiger partial charge in [-0.1, -0.05) is 17.7 Å². The lowest BCUT2D eigenvalue weighted by Crippen LogP contribution is -2.33. The van der Waals surface area contributed by atoms with Gasteiger partial charge in [0.25, 0.3) is 5.91 Å². The first-order valence-electron chi connectivity index (χ1n) is 9.03. The lowest BCUT2D eigenvalue weighted by Gasteiger charge is -2.27. The van der Waals surface area contributed by atoms with E-state index in [2.05, 4.69) is 20.9 Å². The Morgan fingerprint density at radius 1 is 1.00 bits per heavy atom. The van der Waals surface area contributed by atoms with Crippen LogP contribution in [0.1, 0.15) is 37.7 Å². The normalized spacial score (nSPS) is 22.8. The number of rotatable bonds is 2. The first-order chi connectivity index (χ1) is 12.2. The molecule has 1 amide bonds. The van der Waals surface area contributed by atoms with Gasteiger partial charge in [-0.3, -0.25) is 4.79 Å². The van der Waals surface area contributed by atoms with E-state index in [1.807, 2.05) is 18.2 Å². The molecule has 132 valence electrons. The molecule has 0 spiro atoms. The quantitative estimate of drug-likeness (QED) is 0.718. The molecular formula is C19H22ClN3OS. The summed E-state index contributed by atoms with van der Waals surface area (Å²) in [4.78, 5) is 22.0. The van der Waals surface area contributed by atoms with E-state index in [4.69, 9.17) is 11.6 Å². The number of anilines is 1. The Balaban J connectivity index is 1.60. The fourth-order valence-electron chi connectivity index (χ4n) is 3.65. The Kier molecular flexibility index (Phi) is 5.04. The van der Waals surface area contributed by atoms with Crippen LogP contribution in [0.3, 0.4) is 0 Å². The zero-order valence-electron chi connectivity index (χ0n) is 14.2. The van der Waals surface area contributed by atoms with Gasteiger partial charge in [-0.05, 0) is 62.1 Å². The summed E-state index contributed by atoms with van der Waals surface area (Å²) in [6.45, 7) is 4.09. The van der Waals surface area contributed by atoms with Crippen molar-refractivity contribution in [1.29, 1.82) is 0 Å². The first kappa shape index (κ1) is 17.0. The second kappa shape index (κ2) is 7.42. The van der Waals surface area contributed by atoms with E-state index in [1.54, 1.807) is 0 Å². The molecule has 4 nitrogen and oxygen atoms in total. The van der Waals surface area contributed by atoms with Gasteiger partial charge in [0.2, 0.25) is 0 Å². The molecule has 3 heterocycles. The number of amidine groups is 1. The average molecular weight is 376 g/mol. The van der Waals surface area contributed by atoms with E-state index >= 15 is 0 Å². The summed E-state index contributed by atoms with van der Waals surface area (Å²) in [5.41, 5.74) is 2.06. The molecule has 25 heavy (non-hydrogen) atoms. The van der Waals surface area contributed by atoms with Crippen LogP contribution >= 0.6 is 23.4 Å². The minimum absolute atomic E-state index is 0.141. The van der Waals surface area contributed by atoms with Gasteiger partial charge in [0.15, 0.2) is 5.17 Å². The molecule has 4 rings (SSSR count). The highest BCUT2D eigenvalue weighted by molar-refractivity contribution is 8.18. The number of amides is 1. The lowest BCUT2D eigenvalue weighted by atomic mass is 10.1. The zero-order valence-corrected chi connectivity index (χ0v) is 15.8. The van der Waals surface area contributed by atoms with Crippen LogP contribution in [0.5, 0.6) is 0 Å². The Bertz CT molecular complexity index is 734. The van der Waals surface area contributed by atoms with E-state index < -0.39 is 0 Å². The topological polar surface area (TPSA) is 35.9 Å². The van der Waals surface area contributed by atoms with Gasteiger partial charge >= 0.3 is 0 Å². The summed E-state index contributed by atoms with van der Waals surface area (Å²) in [6, 6.07) is 5.97. The number of carbonyl (C=O) groups excluding carboxylic acids is 1. The highest BCUT2D eigenvalue weighted by Crippen LogP contribution is 2.36. The number of nitrogens with zero attached hydrogens (tertiary/aromatic N) is 3. The SMILES string of the molecule is O=C1N=C(N2CCCCC2)S/C1=C\c1c(Cl)cccc1N1CCCC1. The van der Waals surface area contributed by atoms with Gasteiger partial charge in [-0.2, -0.15) is 4.99 Å². The third-order valence-electron chi connectivity index (χ3n) is 4.99. The molecule has 0 bridgehead atoms. The fourth-order valence-corrected chi connectivity index (χ4v) is 4.82. The molecule has 2 fully saturated rings. The Morgan fingerprint density at radius 2 is 1.68 bits per heavy atom. The number of carbonyl (C=O) groups is 1. The Labute approximate surface area is 157 Å². The van der Waals surface area contributed by atoms with Crippen molar-refractivity contribution in [2.75, 3.05) is 31.1 Å². The molecular weight excluding hydrogens is 354 g/mol. The Morgan fingerprint density at radius 3 is 2.44 bits per heavy atom. The minimum Gasteiger partial charge on any atom is -0.371 e. The van der Waals surface area contributed by atoms with Crippen LogP contribution in [-0.4, -0.2) is 42.2 Å². The largest absolute Gasteiger partial charge is 0.371 e. The maximum absolute atomic E-state index is 12.4. The predicted octanol–water partition coefficient (Wildman–Crippen LogP) is 4.40. The van der Waals surface area contributed by atoms with Crippen molar-refractivity contribution in [1.82, 2.24) is 4.90 Å². The van der Waals surface area contributed by atoms with E-state index in [0.717, 1.165) is 42.6 Å². The smallest absolute Gasteiger partial charge is 0.286 e. The predicted molar refractivity (Wildman–Crippen MR) is 106 cm³/mol. The molecule has 1 aromatic carbocycles. The molecule has 0 radical (unpaired) electrons. The summed E-state index contributed by atoms with van der Waals surface area (Å²) in [5.74, 6) is -0.141. The second-order valence-electron chi connectivity index (χ2n) is 6.72. The fraction of sp³-hybridized carbons (Fsp3) is 0.474. The molecule has 3 aliphatic heterocycles. The number of benzene rings is 1. The van der Waals surface area contributed by atoms with E-state index in [-0.39, 0.29) is 5.91 Å². The van der Waals surface area contributed by atoms with Crippen LogP contribution in [0.15, 0.2) is 28.1 Å². The van der Waals surface area contributed by atoms with Crippen molar-refractivity contribution in [3.63, 3.8) is 0 Å². The third-order valence-corrected chi connectivity index (χ3v) is 6.36. The second-order valence-corrected chi connectivity index (χ2v) is 8.14.